The summed E-state index contributed by atoms with van der Waals surface area (Å²) in [4.78, 5) is 23.9. The molecule has 1 fully saturated rings. The molecule has 2 aromatic carbocycles. The third-order valence-corrected chi connectivity index (χ3v) is 8.60. The number of morpholine rings is 1. The maximum absolute atomic E-state index is 13.4. The van der Waals surface area contributed by atoms with Gasteiger partial charge in [-0.05, 0) is 67.8 Å². The number of benzene rings is 2. The van der Waals surface area contributed by atoms with Crippen LogP contribution in [-0.2, 0) is 9.53 Å². The summed E-state index contributed by atoms with van der Waals surface area (Å²) in [6.45, 7) is 9.40. The highest BCUT2D eigenvalue weighted by Gasteiger charge is 2.21. The first-order valence-corrected chi connectivity index (χ1v) is 14.1. The first kappa shape index (κ1) is 28.7. The Kier molecular flexibility index (Phi) is 11.3. The fourth-order valence-corrected chi connectivity index (χ4v) is 6.20. The number of halogens is 1. The summed E-state index contributed by atoms with van der Waals surface area (Å²) in [5, 5.41) is 0.826. The lowest BCUT2D eigenvalue weighted by molar-refractivity contribution is -0.118. The van der Waals surface area contributed by atoms with Crippen LogP contribution in [0, 0.1) is 13.8 Å². The minimum absolute atomic E-state index is 0. The van der Waals surface area contributed by atoms with Crippen LogP contribution in [0.2, 0.25) is 0 Å². The topological polar surface area (TPSA) is 54.9 Å². The van der Waals surface area contributed by atoms with Crippen molar-refractivity contribution in [1.29, 1.82) is 0 Å². The Morgan fingerprint density at radius 1 is 1.11 bits per heavy atom. The molecule has 9 heteroatoms. The molecule has 6 nitrogen and oxygen atoms in total. The maximum atomic E-state index is 13.4. The minimum atomic E-state index is 0. The predicted octanol–water partition coefficient (Wildman–Crippen LogP) is 5.97. The molecular formula is C27H36ClN3O3S2. The molecule has 1 aliphatic heterocycles. The van der Waals surface area contributed by atoms with Gasteiger partial charge in [0.25, 0.3) is 0 Å². The Morgan fingerprint density at radius 3 is 2.53 bits per heavy atom. The van der Waals surface area contributed by atoms with Crippen LogP contribution in [0.15, 0.2) is 41.3 Å². The van der Waals surface area contributed by atoms with E-state index in [-0.39, 0.29) is 18.3 Å². The largest absolute Gasteiger partial charge is 0.497 e. The number of anilines is 1. The lowest BCUT2D eigenvalue weighted by Gasteiger charge is -2.27. The molecular weight excluding hydrogens is 514 g/mol. The van der Waals surface area contributed by atoms with Crippen molar-refractivity contribution in [3.63, 3.8) is 0 Å². The number of rotatable bonds is 11. The molecule has 2 heterocycles. The summed E-state index contributed by atoms with van der Waals surface area (Å²) < 4.78 is 11.9. The van der Waals surface area contributed by atoms with E-state index >= 15 is 0 Å². The number of amides is 1. The Morgan fingerprint density at radius 2 is 1.83 bits per heavy atom. The smallest absolute Gasteiger partial charge is 0.228 e. The highest BCUT2D eigenvalue weighted by atomic mass is 35.5. The number of aromatic nitrogens is 1. The summed E-state index contributed by atoms with van der Waals surface area (Å²) >= 11 is 3.42. The van der Waals surface area contributed by atoms with Gasteiger partial charge in [0.1, 0.15) is 5.75 Å². The molecule has 196 valence electrons. The summed E-state index contributed by atoms with van der Waals surface area (Å²) in [6.07, 6.45) is 2.28. The van der Waals surface area contributed by atoms with Gasteiger partial charge in [0, 0.05) is 37.5 Å². The van der Waals surface area contributed by atoms with Crippen LogP contribution in [0.5, 0.6) is 5.75 Å². The number of carbonyl (C=O) groups is 1. The van der Waals surface area contributed by atoms with Gasteiger partial charge in [0.05, 0.1) is 30.5 Å². The lowest BCUT2D eigenvalue weighted by atomic mass is 10.1. The third kappa shape index (κ3) is 7.59. The van der Waals surface area contributed by atoms with E-state index in [4.69, 9.17) is 14.5 Å². The zero-order valence-corrected chi connectivity index (χ0v) is 23.8. The van der Waals surface area contributed by atoms with Gasteiger partial charge in [0.2, 0.25) is 5.91 Å². The second-order valence-corrected chi connectivity index (χ2v) is 11.0. The lowest BCUT2D eigenvalue weighted by Crippen LogP contribution is -2.39. The molecule has 1 amide bonds. The molecule has 0 saturated carbocycles. The van der Waals surface area contributed by atoms with Crippen LogP contribution in [0.3, 0.4) is 0 Å². The van der Waals surface area contributed by atoms with Gasteiger partial charge in [-0.25, -0.2) is 4.98 Å². The third-order valence-electron chi connectivity index (χ3n) is 6.29. The Hall–Kier alpha value is -1.84. The molecule has 36 heavy (non-hydrogen) atoms. The van der Waals surface area contributed by atoms with E-state index in [1.807, 2.05) is 17.0 Å². The van der Waals surface area contributed by atoms with E-state index in [1.165, 1.54) is 15.2 Å². The van der Waals surface area contributed by atoms with Crippen LogP contribution in [0.4, 0.5) is 5.13 Å². The molecule has 3 aromatic rings. The van der Waals surface area contributed by atoms with Gasteiger partial charge in [-0.15, -0.1) is 24.2 Å². The molecule has 0 atom stereocenters. The summed E-state index contributed by atoms with van der Waals surface area (Å²) in [5.74, 6) is 1.92. The van der Waals surface area contributed by atoms with E-state index in [2.05, 4.69) is 43.0 Å². The van der Waals surface area contributed by atoms with Crippen molar-refractivity contribution in [2.45, 2.75) is 38.0 Å². The summed E-state index contributed by atoms with van der Waals surface area (Å²) in [6, 6.07) is 12.3. The number of thiazole rings is 1. The number of carbonyl (C=O) groups excluding carboxylic acids is 1. The van der Waals surface area contributed by atoms with Crippen molar-refractivity contribution in [3.8, 4) is 5.75 Å². The fraction of sp³-hybridized carbons (Fsp3) is 0.481. The maximum Gasteiger partial charge on any atom is 0.228 e. The number of nitrogens with zero attached hydrogens (tertiary/aromatic N) is 3. The highest BCUT2D eigenvalue weighted by Crippen LogP contribution is 2.33. The van der Waals surface area contributed by atoms with Crippen molar-refractivity contribution in [2.24, 2.45) is 0 Å². The monoisotopic (exact) mass is 549 g/mol. The van der Waals surface area contributed by atoms with Crippen LogP contribution in [0.25, 0.3) is 10.2 Å². The second kappa shape index (κ2) is 14.2. The van der Waals surface area contributed by atoms with E-state index in [9.17, 15) is 4.79 Å². The quantitative estimate of drug-likeness (QED) is 0.217. The molecule has 4 rings (SSSR count). The zero-order valence-electron chi connectivity index (χ0n) is 21.3. The fourth-order valence-electron chi connectivity index (χ4n) is 4.19. The number of ether oxygens (including phenoxy) is 2. The number of aryl methyl sites for hydroxylation is 2. The number of hydrogen-bond acceptors (Lipinski definition) is 7. The Labute approximate surface area is 228 Å². The van der Waals surface area contributed by atoms with Crippen molar-refractivity contribution in [2.75, 3.05) is 57.2 Å². The van der Waals surface area contributed by atoms with E-state index < -0.39 is 0 Å². The number of hydrogen-bond donors (Lipinski definition) is 0. The number of fused-ring (bicyclic) bond motifs is 1. The number of thioether (sulfide) groups is 1. The molecule has 1 aliphatic rings. The molecule has 0 unspecified atom stereocenters. The van der Waals surface area contributed by atoms with Crippen LogP contribution >= 0.6 is 35.5 Å². The van der Waals surface area contributed by atoms with Crippen molar-refractivity contribution in [1.82, 2.24) is 9.88 Å². The first-order chi connectivity index (χ1) is 17.0. The molecule has 0 N–H and O–H groups in total. The number of methoxy groups -OCH3 is 1. The van der Waals surface area contributed by atoms with Gasteiger partial charge >= 0.3 is 0 Å². The van der Waals surface area contributed by atoms with Gasteiger partial charge in [-0.1, -0.05) is 23.5 Å². The van der Waals surface area contributed by atoms with Crippen LogP contribution in [-0.4, -0.2) is 68.0 Å². The second-order valence-electron chi connectivity index (χ2n) is 8.85. The molecule has 0 bridgehead atoms. The van der Waals surface area contributed by atoms with Crippen LogP contribution in [0.1, 0.15) is 30.4 Å². The van der Waals surface area contributed by atoms with Crippen molar-refractivity contribution in [3.05, 3.63) is 47.5 Å². The van der Waals surface area contributed by atoms with Crippen molar-refractivity contribution < 1.29 is 14.3 Å². The van der Waals surface area contributed by atoms with Gasteiger partial charge in [0.15, 0.2) is 5.13 Å². The van der Waals surface area contributed by atoms with Gasteiger partial charge in [-0.3, -0.25) is 14.6 Å². The minimum Gasteiger partial charge on any atom is -0.497 e. The molecule has 0 radical (unpaired) electrons. The van der Waals surface area contributed by atoms with Gasteiger partial charge in [-0.2, -0.15) is 0 Å². The zero-order chi connectivity index (χ0) is 24.6. The average Bonchev–Trinajstić information content (AvgIpc) is 3.34. The van der Waals surface area contributed by atoms with E-state index in [0.29, 0.717) is 13.0 Å². The molecule has 0 aliphatic carbocycles. The van der Waals surface area contributed by atoms with Gasteiger partial charge < -0.3 is 9.47 Å². The summed E-state index contributed by atoms with van der Waals surface area (Å²) in [5.41, 5.74) is 3.39. The average molecular weight is 550 g/mol. The molecule has 1 aromatic heterocycles. The summed E-state index contributed by atoms with van der Waals surface area (Å²) in [7, 11) is 1.68. The normalized spacial score (nSPS) is 14.0. The Bertz CT molecular complexity index is 1080. The standard InChI is InChI=1S/C27H35N3O3S2.ClH/c1-20-7-8-21(2)26-25(20)28-27(35-26)30(14-5-13-29-15-17-33-18-16-29)24(31)6-4-19-34-23-11-9-22(32-3)10-12-23;/h7-12H,4-6,13-19H2,1-3H3;1H. The SMILES string of the molecule is COc1ccc(SCCCC(=O)N(CCCN2CCOCC2)c2nc3c(C)ccc(C)c3s2)cc1.Cl. The first-order valence-electron chi connectivity index (χ1n) is 12.3. The van der Waals surface area contributed by atoms with Crippen molar-refractivity contribution >= 4 is 56.8 Å². The molecule has 0 spiro atoms. The van der Waals surface area contributed by atoms with E-state index in [0.717, 1.165) is 73.4 Å². The Balaban J connectivity index is 0.00000361. The highest BCUT2D eigenvalue weighted by molar-refractivity contribution is 7.99. The predicted molar refractivity (Wildman–Crippen MR) is 154 cm³/mol. The van der Waals surface area contributed by atoms with Crippen LogP contribution < -0.4 is 9.64 Å². The molecule has 1 saturated heterocycles. The van der Waals surface area contributed by atoms with E-state index in [1.54, 1.807) is 30.2 Å².